The topological polar surface area (TPSA) is 54.5 Å². The lowest BCUT2D eigenvalue weighted by Crippen LogP contribution is -1.81. The van der Waals surface area contributed by atoms with Crippen molar-refractivity contribution in [3.63, 3.8) is 0 Å². The molecule has 3 rings (SSSR count). The molecule has 18 heavy (non-hydrogen) atoms. The third-order valence-electron chi connectivity index (χ3n) is 2.61. The zero-order valence-electron chi connectivity index (χ0n) is 9.34. The van der Waals surface area contributed by atoms with Crippen molar-refractivity contribution in [2.75, 3.05) is 0 Å². The second-order valence-electron chi connectivity index (χ2n) is 3.80. The predicted molar refractivity (Wildman–Crippen MR) is 65.0 cm³/mol. The minimum absolute atomic E-state index is 0.253. The third-order valence-corrected chi connectivity index (χ3v) is 2.61. The van der Waals surface area contributed by atoms with E-state index in [1.54, 1.807) is 24.5 Å². The van der Waals surface area contributed by atoms with Gasteiger partial charge in [0.15, 0.2) is 0 Å². The Morgan fingerprint density at radius 3 is 2.50 bits per heavy atom. The van der Waals surface area contributed by atoms with E-state index in [0.29, 0.717) is 0 Å². The van der Waals surface area contributed by atoms with Crippen LogP contribution in [0.5, 0.6) is 0 Å². The molecule has 0 saturated heterocycles. The zero-order valence-corrected chi connectivity index (χ0v) is 9.34. The number of H-pyrrole nitrogens is 1. The maximum Gasteiger partial charge on any atom is 0.123 e. The van der Waals surface area contributed by atoms with Crippen molar-refractivity contribution in [3.8, 4) is 22.5 Å². The zero-order chi connectivity index (χ0) is 12.4. The fourth-order valence-electron chi connectivity index (χ4n) is 1.69. The van der Waals surface area contributed by atoms with Crippen LogP contribution in [-0.4, -0.2) is 20.4 Å². The molecule has 0 amide bonds. The minimum atomic E-state index is -0.253. The first kappa shape index (κ1) is 10.6. The van der Waals surface area contributed by atoms with Crippen molar-refractivity contribution >= 4 is 0 Å². The molecule has 5 heteroatoms. The Labute approximate surface area is 103 Å². The molecular formula is C13H9FN4. The standard InChI is InChI=1S/C13H9FN4/c14-11-3-1-9(2-4-11)12-7-13(18-17-12)10-5-6-15-16-8-10/h1-8H,(H,17,18). The summed E-state index contributed by atoms with van der Waals surface area (Å²) in [5.74, 6) is -0.253. The first-order valence-corrected chi connectivity index (χ1v) is 5.41. The summed E-state index contributed by atoms with van der Waals surface area (Å²) in [6, 6.07) is 9.98. The average Bonchev–Trinajstić information content (AvgIpc) is 2.90. The van der Waals surface area contributed by atoms with Gasteiger partial charge in [0, 0.05) is 5.56 Å². The van der Waals surface area contributed by atoms with E-state index in [-0.39, 0.29) is 5.82 Å². The molecule has 2 aromatic heterocycles. The molecule has 0 unspecified atom stereocenters. The highest BCUT2D eigenvalue weighted by Crippen LogP contribution is 2.22. The van der Waals surface area contributed by atoms with Crippen LogP contribution in [0.25, 0.3) is 22.5 Å². The number of hydrogen-bond donors (Lipinski definition) is 1. The quantitative estimate of drug-likeness (QED) is 0.749. The fourth-order valence-corrected chi connectivity index (χ4v) is 1.69. The Bertz CT molecular complexity index is 646. The summed E-state index contributed by atoms with van der Waals surface area (Å²) in [5, 5.41) is 14.6. The summed E-state index contributed by atoms with van der Waals surface area (Å²) in [6.45, 7) is 0. The van der Waals surface area contributed by atoms with Gasteiger partial charge in [0.1, 0.15) is 5.82 Å². The molecule has 1 N–H and O–H groups in total. The molecule has 0 bridgehead atoms. The van der Waals surface area contributed by atoms with E-state index in [2.05, 4.69) is 20.4 Å². The van der Waals surface area contributed by atoms with Gasteiger partial charge in [-0.25, -0.2) is 4.39 Å². The summed E-state index contributed by atoms with van der Waals surface area (Å²) in [5.41, 5.74) is 3.39. The largest absolute Gasteiger partial charge is 0.277 e. The van der Waals surface area contributed by atoms with Crippen LogP contribution >= 0.6 is 0 Å². The van der Waals surface area contributed by atoms with Crippen molar-refractivity contribution in [1.82, 2.24) is 20.4 Å². The van der Waals surface area contributed by atoms with Crippen molar-refractivity contribution in [3.05, 3.63) is 54.6 Å². The predicted octanol–water partition coefficient (Wildman–Crippen LogP) is 2.67. The Balaban J connectivity index is 1.97. The second-order valence-corrected chi connectivity index (χ2v) is 3.80. The van der Waals surface area contributed by atoms with Crippen molar-refractivity contribution in [1.29, 1.82) is 0 Å². The van der Waals surface area contributed by atoms with Crippen LogP contribution in [0.4, 0.5) is 4.39 Å². The van der Waals surface area contributed by atoms with Gasteiger partial charge in [-0.05, 0) is 42.0 Å². The van der Waals surface area contributed by atoms with Crippen molar-refractivity contribution < 1.29 is 4.39 Å². The summed E-state index contributed by atoms with van der Waals surface area (Å²) in [4.78, 5) is 0. The van der Waals surface area contributed by atoms with E-state index in [0.717, 1.165) is 22.5 Å². The molecule has 88 valence electrons. The van der Waals surface area contributed by atoms with Crippen molar-refractivity contribution in [2.45, 2.75) is 0 Å². The first-order valence-electron chi connectivity index (χ1n) is 5.41. The number of nitrogens with zero attached hydrogens (tertiary/aromatic N) is 3. The van der Waals surface area contributed by atoms with Gasteiger partial charge in [0.25, 0.3) is 0 Å². The van der Waals surface area contributed by atoms with Gasteiger partial charge in [-0.2, -0.15) is 15.3 Å². The lowest BCUT2D eigenvalue weighted by molar-refractivity contribution is 0.628. The Hall–Kier alpha value is -2.56. The Morgan fingerprint density at radius 2 is 1.78 bits per heavy atom. The number of hydrogen-bond acceptors (Lipinski definition) is 3. The van der Waals surface area contributed by atoms with E-state index in [1.807, 2.05) is 12.1 Å². The molecule has 0 aliphatic carbocycles. The van der Waals surface area contributed by atoms with E-state index >= 15 is 0 Å². The molecule has 0 aliphatic heterocycles. The van der Waals surface area contributed by atoms with Crippen LogP contribution in [0.3, 0.4) is 0 Å². The highest BCUT2D eigenvalue weighted by molar-refractivity contribution is 5.67. The lowest BCUT2D eigenvalue weighted by atomic mass is 10.1. The third kappa shape index (κ3) is 1.98. The van der Waals surface area contributed by atoms with Crippen LogP contribution in [-0.2, 0) is 0 Å². The fraction of sp³-hybridized carbons (Fsp3) is 0. The number of aromatic nitrogens is 4. The molecule has 1 aromatic carbocycles. The molecular weight excluding hydrogens is 231 g/mol. The first-order chi connectivity index (χ1) is 8.83. The van der Waals surface area contributed by atoms with Crippen LogP contribution in [0.1, 0.15) is 0 Å². The van der Waals surface area contributed by atoms with Crippen LogP contribution in [0.2, 0.25) is 0 Å². The molecule has 2 heterocycles. The van der Waals surface area contributed by atoms with Crippen molar-refractivity contribution in [2.24, 2.45) is 0 Å². The number of nitrogens with one attached hydrogen (secondary N) is 1. The minimum Gasteiger partial charge on any atom is -0.277 e. The smallest absolute Gasteiger partial charge is 0.123 e. The van der Waals surface area contributed by atoms with Crippen LogP contribution in [0, 0.1) is 5.82 Å². The number of halogens is 1. The Kier molecular flexibility index (Phi) is 2.57. The normalized spacial score (nSPS) is 10.5. The van der Waals surface area contributed by atoms with E-state index in [1.165, 1.54) is 12.1 Å². The molecule has 0 fully saturated rings. The maximum absolute atomic E-state index is 12.8. The molecule has 3 aromatic rings. The van der Waals surface area contributed by atoms with Gasteiger partial charge >= 0.3 is 0 Å². The van der Waals surface area contributed by atoms with Gasteiger partial charge < -0.3 is 0 Å². The van der Waals surface area contributed by atoms with E-state index in [9.17, 15) is 4.39 Å². The molecule has 0 aliphatic rings. The monoisotopic (exact) mass is 240 g/mol. The van der Waals surface area contributed by atoms with Crippen LogP contribution < -0.4 is 0 Å². The number of rotatable bonds is 2. The van der Waals surface area contributed by atoms with Gasteiger partial charge in [-0.1, -0.05) is 0 Å². The second kappa shape index (κ2) is 4.37. The van der Waals surface area contributed by atoms with Crippen LogP contribution in [0.15, 0.2) is 48.8 Å². The van der Waals surface area contributed by atoms with Gasteiger partial charge in [0.05, 0.1) is 23.8 Å². The average molecular weight is 240 g/mol. The molecule has 0 atom stereocenters. The molecule has 0 radical (unpaired) electrons. The Morgan fingerprint density at radius 1 is 0.944 bits per heavy atom. The summed E-state index contributed by atoms with van der Waals surface area (Å²) >= 11 is 0. The summed E-state index contributed by atoms with van der Waals surface area (Å²) in [7, 11) is 0. The number of aromatic amines is 1. The molecule has 0 spiro atoms. The molecule has 4 nitrogen and oxygen atoms in total. The highest BCUT2D eigenvalue weighted by Gasteiger charge is 2.05. The maximum atomic E-state index is 12.8. The summed E-state index contributed by atoms with van der Waals surface area (Å²) in [6.07, 6.45) is 3.26. The van der Waals surface area contributed by atoms with Gasteiger partial charge in [-0.3, -0.25) is 5.10 Å². The highest BCUT2D eigenvalue weighted by atomic mass is 19.1. The van der Waals surface area contributed by atoms with E-state index < -0.39 is 0 Å². The molecule has 0 saturated carbocycles. The SMILES string of the molecule is Fc1ccc(-c2cc(-c3ccnnc3)n[nH]2)cc1. The lowest BCUT2D eigenvalue weighted by Gasteiger charge is -1.95. The van der Waals surface area contributed by atoms with E-state index in [4.69, 9.17) is 0 Å². The summed E-state index contributed by atoms with van der Waals surface area (Å²) < 4.78 is 12.8. The number of benzene rings is 1. The van der Waals surface area contributed by atoms with Gasteiger partial charge in [-0.15, -0.1) is 0 Å². The van der Waals surface area contributed by atoms with Gasteiger partial charge in [0.2, 0.25) is 0 Å².